The summed E-state index contributed by atoms with van der Waals surface area (Å²) in [5.74, 6) is 0.498. The van der Waals surface area contributed by atoms with Crippen molar-refractivity contribution in [3.63, 3.8) is 0 Å². The summed E-state index contributed by atoms with van der Waals surface area (Å²) in [6.07, 6.45) is -0.363. The van der Waals surface area contributed by atoms with Gasteiger partial charge in [0.1, 0.15) is 24.3 Å². The zero-order valence-corrected chi connectivity index (χ0v) is 18.9. The van der Waals surface area contributed by atoms with Gasteiger partial charge in [-0.05, 0) is 35.9 Å². The predicted octanol–water partition coefficient (Wildman–Crippen LogP) is 3.59. The molecule has 0 aliphatic carbocycles. The summed E-state index contributed by atoms with van der Waals surface area (Å²) in [5.41, 5.74) is 2.88. The molecule has 1 aliphatic rings. The number of rotatable bonds is 7. The number of nitrogens with zero attached hydrogens (tertiary/aromatic N) is 2. The maximum absolute atomic E-state index is 13.1. The van der Waals surface area contributed by atoms with Crippen LogP contribution in [0.3, 0.4) is 0 Å². The molecule has 2 N–H and O–H groups in total. The van der Waals surface area contributed by atoms with Crippen LogP contribution in [0.4, 0.5) is 4.39 Å². The van der Waals surface area contributed by atoms with Gasteiger partial charge in [-0.3, -0.25) is 9.69 Å². The lowest BCUT2D eigenvalue weighted by Gasteiger charge is -2.35. The highest BCUT2D eigenvalue weighted by atomic mass is 19.1. The number of hydrogen-bond acceptors (Lipinski definition) is 4. The first-order valence-corrected chi connectivity index (χ1v) is 11.6. The fourth-order valence-corrected chi connectivity index (χ4v) is 4.59. The Balaban J connectivity index is 1.12. The van der Waals surface area contributed by atoms with E-state index in [1.807, 2.05) is 41.3 Å². The molecule has 1 fully saturated rings. The largest absolute Gasteiger partial charge is 0.490 e. The quantitative estimate of drug-likeness (QED) is 0.441. The minimum absolute atomic E-state index is 0.0435. The Morgan fingerprint density at radius 3 is 2.50 bits per heavy atom. The van der Waals surface area contributed by atoms with Crippen molar-refractivity contribution in [3.05, 3.63) is 78.1 Å². The molecule has 176 valence electrons. The minimum Gasteiger partial charge on any atom is -0.490 e. The highest BCUT2D eigenvalue weighted by Crippen LogP contribution is 2.33. The van der Waals surface area contributed by atoms with Crippen LogP contribution in [0.2, 0.25) is 0 Å². The van der Waals surface area contributed by atoms with Gasteiger partial charge in [0.15, 0.2) is 0 Å². The van der Waals surface area contributed by atoms with Gasteiger partial charge >= 0.3 is 0 Å². The van der Waals surface area contributed by atoms with Crippen molar-refractivity contribution < 1.29 is 19.0 Å². The lowest BCUT2D eigenvalue weighted by Crippen LogP contribution is -2.51. The standard InChI is InChI=1S/C27H28FN3O3/c28-20-10-8-19(9-11-20)16-26(33)31-14-12-30(13-15-31)17-21(32)18-34-25-7-3-6-24-27(25)22-4-1-2-5-23(22)29-24/h1-11,21,29,32H,12-18H2. The van der Waals surface area contributed by atoms with Crippen molar-refractivity contribution in [2.24, 2.45) is 0 Å². The van der Waals surface area contributed by atoms with Crippen LogP contribution in [0.1, 0.15) is 5.56 Å². The third-order valence-corrected chi connectivity index (χ3v) is 6.39. The molecular weight excluding hydrogens is 433 g/mol. The second kappa shape index (κ2) is 9.83. The van der Waals surface area contributed by atoms with E-state index in [0.717, 1.165) is 33.1 Å². The first-order chi connectivity index (χ1) is 16.6. The van der Waals surface area contributed by atoms with Crippen molar-refractivity contribution in [2.45, 2.75) is 12.5 Å². The number of carbonyl (C=O) groups excluding carboxylic acids is 1. The maximum Gasteiger partial charge on any atom is 0.227 e. The molecular formula is C27H28FN3O3. The monoisotopic (exact) mass is 461 g/mol. The Kier molecular flexibility index (Phi) is 6.47. The molecule has 6 nitrogen and oxygen atoms in total. The fourth-order valence-electron chi connectivity index (χ4n) is 4.59. The Bertz CT molecular complexity index is 1280. The van der Waals surface area contributed by atoms with Crippen LogP contribution >= 0.6 is 0 Å². The number of β-amino-alcohol motifs (C(OH)–C–C–N with tert-alkyl or cyclic N) is 1. The van der Waals surface area contributed by atoms with Crippen LogP contribution in [0.25, 0.3) is 21.8 Å². The van der Waals surface area contributed by atoms with Crippen LogP contribution < -0.4 is 4.74 Å². The number of ether oxygens (including phenoxy) is 1. The van der Waals surface area contributed by atoms with E-state index in [4.69, 9.17) is 4.74 Å². The molecule has 3 aromatic carbocycles. The zero-order chi connectivity index (χ0) is 23.5. The number of carbonyl (C=O) groups is 1. The second-order valence-electron chi connectivity index (χ2n) is 8.80. The number of aliphatic hydroxyl groups excluding tert-OH is 1. The van der Waals surface area contributed by atoms with E-state index in [1.54, 1.807) is 12.1 Å². The molecule has 5 rings (SSSR count). The number of piperazine rings is 1. The number of aromatic nitrogens is 1. The molecule has 0 bridgehead atoms. The van der Waals surface area contributed by atoms with Crippen molar-refractivity contribution >= 4 is 27.7 Å². The average Bonchev–Trinajstić information content (AvgIpc) is 3.24. The number of benzene rings is 3. The molecule has 1 saturated heterocycles. The number of para-hydroxylation sites is 1. The van der Waals surface area contributed by atoms with Crippen molar-refractivity contribution in [3.8, 4) is 5.75 Å². The average molecular weight is 462 g/mol. The summed E-state index contributed by atoms with van der Waals surface area (Å²) in [6.45, 7) is 3.31. The zero-order valence-electron chi connectivity index (χ0n) is 18.9. The first-order valence-electron chi connectivity index (χ1n) is 11.6. The van der Waals surface area contributed by atoms with Crippen LogP contribution in [-0.4, -0.2) is 71.2 Å². The maximum atomic E-state index is 13.1. The number of nitrogens with one attached hydrogen (secondary N) is 1. The summed E-state index contributed by atoms with van der Waals surface area (Å²) in [5, 5.41) is 12.7. The van der Waals surface area contributed by atoms with Crippen molar-refractivity contribution in [1.82, 2.24) is 14.8 Å². The summed E-state index contributed by atoms with van der Waals surface area (Å²) in [6, 6.07) is 20.1. The molecule has 4 aromatic rings. The van der Waals surface area contributed by atoms with Gasteiger partial charge in [0.2, 0.25) is 5.91 Å². The number of aromatic amines is 1. The first kappa shape index (κ1) is 22.4. The van der Waals surface area contributed by atoms with E-state index < -0.39 is 6.10 Å². The van der Waals surface area contributed by atoms with Gasteiger partial charge in [0.25, 0.3) is 0 Å². The molecule has 1 aliphatic heterocycles. The number of amides is 1. The van der Waals surface area contributed by atoms with Crippen LogP contribution in [0.15, 0.2) is 66.7 Å². The van der Waals surface area contributed by atoms with Crippen LogP contribution in [0, 0.1) is 5.82 Å². The van der Waals surface area contributed by atoms with E-state index >= 15 is 0 Å². The number of fused-ring (bicyclic) bond motifs is 3. The van der Waals surface area contributed by atoms with Crippen molar-refractivity contribution in [1.29, 1.82) is 0 Å². The lowest BCUT2D eigenvalue weighted by atomic mass is 10.1. The smallest absolute Gasteiger partial charge is 0.227 e. The number of aliphatic hydroxyl groups is 1. The number of halogens is 1. The Morgan fingerprint density at radius 2 is 1.71 bits per heavy atom. The minimum atomic E-state index is -0.637. The Hall–Kier alpha value is -3.42. The van der Waals surface area contributed by atoms with E-state index in [1.165, 1.54) is 12.1 Å². The summed E-state index contributed by atoms with van der Waals surface area (Å²) in [4.78, 5) is 20.0. The van der Waals surface area contributed by atoms with Gasteiger partial charge in [-0.25, -0.2) is 4.39 Å². The summed E-state index contributed by atoms with van der Waals surface area (Å²) in [7, 11) is 0. The van der Waals surface area contributed by atoms with Crippen LogP contribution in [-0.2, 0) is 11.2 Å². The molecule has 1 aromatic heterocycles. The fraction of sp³-hybridized carbons (Fsp3) is 0.296. The van der Waals surface area contributed by atoms with E-state index in [-0.39, 0.29) is 24.8 Å². The Morgan fingerprint density at radius 1 is 0.971 bits per heavy atom. The van der Waals surface area contributed by atoms with Gasteiger partial charge in [0, 0.05) is 49.0 Å². The third kappa shape index (κ3) is 4.90. The molecule has 0 radical (unpaired) electrons. The third-order valence-electron chi connectivity index (χ3n) is 6.39. The molecule has 0 saturated carbocycles. The molecule has 34 heavy (non-hydrogen) atoms. The van der Waals surface area contributed by atoms with E-state index in [0.29, 0.717) is 32.7 Å². The highest BCUT2D eigenvalue weighted by molar-refractivity contribution is 6.10. The predicted molar refractivity (Wildman–Crippen MR) is 130 cm³/mol. The normalized spacial score (nSPS) is 15.6. The highest BCUT2D eigenvalue weighted by Gasteiger charge is 2.23. The molecule has 0 spiro atoms. The van der Waals surface area contributed by atoms with Gasteiger partial charge in [-0.1, -0.05) is 36.4 Å². The SMILES string of the molecule is O=C(Cc1ccc(F)cc1)N1CCN(CC(O)COc2cccc3[nH]c4ccccc4c23)CC1. The van der Waals surface area contributed by atoms with Gasteiger partial charge in [-0.15, -0.1) is 0 Å². The second-order valence-corrected chi connectivity index (χ2v) is 8.80. The van der Waals surface area contributed by atoms with Crippen LogP contribution in [0.5, 0.6) is 5.75 Å². The molecule has 1 amide bonds. The summed E-state index contributed by atoms with van der Waals surface area (Å²) < 4.78 is 19.1. The van der Waals surface area contributed by atoms with Crippen molar-refractivity contribution in [2.75, 3.05) is 39.3 Å². The molecule has 1 unspecified atom stereocenters. The lowest BCUT2D eigenvalue weighted by molar-refractivity contribution is -0.132. The topological polar surface area (TPSA) is 68.8 Å². The molecule has 2 heterocycles. The summed E-state index contributed by atoms with van der Waals surface area (Å²) >= 11 is 0. The number of H-pyrrole nitrogens is 1. The van der Waals surface area contributed by atoms with Gasteiger partial charge in [0.05, 0.1) is 11.9 Å². The molecule has 7 heteroatoms. The van der Waals surface area contributed by atoms with E-state index in [9.17, 15) is 14.3 Å². The number of hydrogen-bond donors (Lipinski definition) is 2. The van der Waals surface area contributed by atoms with E-state index in [2.05, 4.69) is 16.0 Å². The van der Waals surface area contributed by atoms with Gasteiger partial charge in [-0.2, -0.15) is 0 Å². The molecule has 1 atom stereocenters. The Labute approximate surface area is 197 Å². The van der Waals surface area contributed by atoms with Gasteiger partial charge < -0.3 is 19.7 Å².